The number of nitrogens with zero attached hydrogens (tertiary/aromatic N) is 1. The SMILES string of the molecule is CC(C)N(Br)C(N)=S. The number of nitrogens with two attached hydrogens (primary N) is 1. The van der Waals surface area contributed by atoms with E-state index in [0.717, 1.165) is 0 Å². The lowest BCUT2D eigenvalue weighted by atomic mass is 10.4. The molecule has 0 atom stereocenters. The second-order valence-electron chi connectivity index (χ2n) is 1.74. The summed E-state index contributed by atoms with van der Waals surface area (Å²) in [7, 11) is 0. The number of hydrogen-bond donors (Lipinski definition) is 1. The van der Waals surface area contributed by atoms with Gasteiger partial charge in [0.1, 0.15) is 0 Å². The maximum Gasteiger partial charge on any atom is 0.176 e. The molecule has 48 valence electrons. The monoisotopic (exact) mass is 196 g/mol. The first kappa shape index (κ1) is 8.17. The van der Waals surface area contributed by atoms with E-state index in [1.807, 2.05) is 13.8 Å². The fourth-order valence-corrected chi connectivity index (χ4v) is 0.465. The van der Waals surface area contributed by atoms with Gasteiger partial charge in [-0.3, -0.25) is 3.93 Å². The maximum absolute atomic E-state index is 5.25. The van der Waals surface area contributed by atoms with Crippen LogP contribution in [0.4, 0.5) is 0 Å². The van der Waals surface area contributed by atoms with E-state index < -0.39 is 0 Å². The van der Waals surface area contributed by atoms with Crippen molar-refractivity contribution in [2.24, 2.45) is 5.73 Å². The van der Waals surface area contributed by atoms with E-state index in [0.29, 0.717) is 11.2 Å². The molecule has 0 bridgehead atoms. The van der Waals surface area contributed by atoms with Crippen molar-refractivity contribution >= 4 is 33.5 Å². The summed E-state index contributed by atoms with van der Waals surface area (Å²) in [6.45, 7) is 3.99. The molecule has 0 heterocycles. The van der Waals surface area contributed by atoms with Crippen molar-refractivity contribution in [1.82, 2.24) is 3.93 Å². The first-order valence-electron chi connectivity index (χ1n) is 2.30. The van der Waals surface area contributed by atoms with Gasteiger partial charge in [0.2, 0.25) is 0 Å². The fraction of sp³-hybridized carbons (Fsp3) is 0.750. The molecule has 2 nitrogen and oxygen atoms in total. The molecule has 0 radical (unpaired) electrons. The molecule has 0 aromatic rings. The van der Waals surface area contributed by atoms with E-state index in [1.54, 1.807) is 3.93 Å². The number of thiocarbonyl (C=S) groups is 1. The average molecular weight is 197 g/mol. The molecule has 0 unspecified atom stereocenters. The minimum absolute atomic E-state index is 0.326. The molecule has 0 saturated carbocycles. The molecule has 0 aromatic heterocycles. The highest BCUT2D eigenvalue weighted by Crippen LogP contribution is 2.02. The summed E-state index contributed by atoms with van der Waals surface area (Å²) < 4.78 is 1.66. The summed E-state index contributed by atoms with van der Waals surface area (Å²) in [6.07, 6.45) is 0. The van der Waals surface area contributed by atoms with E-state index in [4.69, 9.17) is 5.73 Å². The molecule has 2 N–H and O–H groups in total. The van der Waals surface area contributed by atoms with E-state index in [9.17, 15) is 0 Å². The third-order valence-electron chi connectivity index (χ3n) is 0.664. The highest BCUT2D eigenvalue weighted by atomic mass is 79.9. The number of hydrogen-bond acceptors (Lipinski definition) is 1. The average Bonchev–Trinajstić information content (AvgIpc) is 1.64. The van der Waals surface area contributed by atoms with Crippen molar-refractivity contribution in [1.29, 1.82) is 0 Å². The Morgan fingerprint density at radius 2 is 2.12 bits per heavy atom. The Morgan fingerprint density at radius 3 is 2.12 bits per heavy atom. The Labute approximate surface area is 63.4 Å². The van der Waals surface area contributed by atoms with Gasteiger partial charge in [-0.05, 0) is 26.1 Å². The third kappa shape index (κ3) is 2.47. The molecular formula is C4H9BrN2S. The smallest absolute Gasteiger partial charge is 0.176 e. The van der Waals surface area contributed by atoms with Crippen molar-refractivity contribution in [2.45, 2.75) is 19.9 Å². The summed E-state index contributed by atoms with van der Waals surface area (Å²) in [5.41, 5.74) is 5.25. The van der Waals surface area contributed by atoms with Crippen LogP contribution < -0.4 is 5.73 Å². The van der Waals surface area contributed by atoms with Gasteiger partial charge in [0, 0.05) is 6.04 Å². The Balaban J connectivity index is 3.64. The summed E-state index contributed by atoms with van der Waals surface area (Å²) >= 11 is 7.82. The number of halogens is 1. The quantitative estimate of drug-likeness (QED) is 0.506. The van der Waals surface area contributed by atoms with Crippen LogP contribution in [0.2, 0.25) is 0 Å². The van der Waals surface area contributed by atoms with Gasteiger partial charge >= 0.3 is 0 Å². The van der Waals surface area contributed by atoms with Crippen LogP contribution in [0, 0.1) is 0 Å². The van der Waals surface area contributed by atoms with Gasteiger partial charge in [-0.15, -0.1) is 0 Å². The van der Waals surface area contributed by atoms with Crippen LogP contribution >= 0.6 is 28.4 Å². The van der Waals surface area contributed by atoms with Crippen molar-refractivity contribution in [3.05, 3.63) is 0 Å². The number of rotatable bonds is 1. The van der Waals surface area contributed by atoms with Gasteiger partial charge in [-0.2, -0.15) is 0 Å². The summed E-state index contributed by atoms with van der Waals surface area (Å²) in [6, 6.07) is 0.326. The topological polar surface area (TPSA) is 29.3 Å². The first-order valence-corrected chi connectivity index (χ1v) is 3.42. The third-order valence-corrected chi connectivity index (χ3v) is 2.30. The molecule has 0 aliphatic carbocycles. The van der Waals surface area contributed by atoms with E-state index >= 15 is 0 Å². The van der Waals surface area contributed by atoms with Crippen LogP contribution in [0.1, 0.15) is 13.8 Å². The molecule has 0 amide bonds. The summed E-state index contributed by atoms with van der Waals surface area (Å²) in [4.78, 5) is 0. The lowest BCUT2D eigenvalue weighted by molar-refractivity contribution is 0.570. The highest BCUT2D eigenvalue weighted by molar-refractivity contribution is 9.07. The molecule has 0 saturated heterocycles. The Bertz CT molecular complexity index is 94.0. The van der Waals surface area contributed by atoms with Gasteiger partial charge in [-0.1, -0.05) is 0 Å². The highest BCUT2D eigenvalue weighted by Gasteiger charge is 2.03. The van der Waals surface area contributed by atoms with Crippen molar-refractivity contribution in [2.75, 3.05) is 0 Å². The summed E-state index contributed by atoms with van der Waals surface area (Å²) in [5.74, 6) is 0. The molecule has 8 heavy (non-hydrogen) atoms. The Hall–Kier alpha value is 0.170. The Kier molecular flexibility index (Phi) is 3.31. The minimum atomic E-state index is 0.326. The van der Waals surface area contributed by atoms with Crippen LogP contribution in [-0.2, 0) is 0 Å². The van der Waals surface area contributed by atoms with Crippen LogP contribution in [0.25, 0.3) is 0 Å². The standard InChI is InChI=1S/C4H9BrN2S/c1-3(2)7(5)4(6)8/h3H,1-2H3,(H2,6,8). The van der Waals surface area contributed by atoms with Gasteiger partial charge < -0.3 is 5.73 Å². The molecule has 0 spiro atoms. The van der Waals surface area contributed by atoms with Crippen molar-refractivity contribution < 1.29 is 0 Å². The lowest BCUT2D eigenvalue weighted by Crippen LogP contribution is -2.31. The minimum Gasteiger partial charge on any atom is -0.375 e. The lowest BCUT2D eigenvalue weighted by Gasteiger charge is -2.17. The van der Waals surface area contributed by atoms with Gasteiger partial charge in [0.15, 0.2) is 5.11 Å². The van der Waals surface area contributed by atoms with Crippen molar-refractivity contribution in [3.63, 3.8) is 0 Å². The van der Waals surface area contributed by atoms with Crippen LogP contribution in [-0.4, -0.2) is 15.1 Å². The predicted molar refractivity (Wildman–Crippen MR) is 42.7 cm³/mol. The zero-order chi connectivity index (χ0) is 6.73. The van der Waals surface area contributed by atoms with Gasteiger partial charge in [0.05, 0.1) is 16.1 Å². The molecular weight excluding hydrogens is 188 g/mol. The molecule has 4 heteroatoms. The fourth-order valence-electron chi connectivity index (χ4n) is 0.254. The van der Waals surface area contributed by atoms with E-state index in [1.165, 1.54) is 0 Å². The van der Waals surface area contributed by atoms with Crippen LogP contribution in [0.15, 0.2) is 0 Å². The predicted octanol–water partition coefficient (Wildman–Crippen LogP) is 1.25. The molecule has 0 rings (SSSR count). The zero-order valence-electron chi connectivity index (χ0n) is 4.89. The van der Waals surface area contributed by atoms with Gasteiger partial charge in [0.25, 0.3) is 0 Å². The second-order valence-corrected chi connectivity index (χ2v) is 2.93. The molecule has 0 aliphatic heterocycles. The molecule has 0 fully saturated rings. The molecule has 0 aliphatic rings. The normalized spacial score (nSPS) is 9.50. The largest absolute Gasteiger partial charge is 0.375 e. The zero-order valence-corrected chi connectivity index (χ0v) is 7.29. The van der Waals surface area contributed by atoms with Gasteiger partial charge in [-0.25, -0.2) is 0 Å². The second kappa shape index (κ2) is 3.25. The maximum atomic E-state index is 5.25. The van der Waals surface area contributed by atoms with Crippen molar-refractivity contribution in [3.8, 4) is 0 Å². The summed E-state index contributed by atoms with van der Waals surface area (Å²) in [5, 5.41) is 0.375. The Morgan fingerprint density at radius 1 is 1.75 bits per heavy atom. The van der Waals surface area contributed by atoms with E-state index in [-0.39, 0.29) is 0 Å². The molecule has 0 aromatic carbocycles. The van der Waals surface area contributed by atoms with Crippen LogP contribution in [0.5, 0.6) is 0 Å². The van der Waals surface area contributed by atoms with Crippen LogP contribution in [0.3, 0.4) is 0 Å². The first-order chi connectivity index (χ1) is 3.55. The van der Waals surface area contributed by atoms with E-state index in [2.05, 4.69) is 28.4 Å².